The van der Waals surface area contributed by atoms with Crippen LogP contribution in [0.1, 0.15) is 101 Å². The van der Waals surface area contributed by atoms with Gasteiger partial charge in [-0.1, -0.05) is 57.7 Å². The van der Waals surface area contributed by atoms with E-state index in [1.165, 1.54) is 17.5 Å². The van der Waals surface area contributed by atoms with Gasteiger partial charge in [-0.3, -0.25) is 9.48 Å². The molecule has 34 heavy (non-hydrogen) atoms. The number of para-hydroxylation sites is 1. The molecule has 0 amide bonds. The Morgan fingerprint density at radius 2 is 1.97 bits per heavy atom. The predicted octanol–water partition coefficient (Wildman–Crippen LogP) is 7.96. The standard InChI is InChI=1S/C27H35F2N3OS/c1-4-18-12-13-19(16-18)20-10-6-7-11-22(20)30-25(21-17-32(3)31-23(21)24(28)29)34-26(33)27(2)14-8-5-9-15-27/h6-7,10-11,17-19,24H,4-5,8-9,12-16H2,1-3H3. The summed E-state index contributed by atoms with van der Waals surface area (Å²) < 4.78 is 29.2. The molecule has 2 unspecified atom stereocenters. The first-order chi connectivity index (χ1) is 16.3. The monoisotopic (exact) mass is 487 g/mol. The molecule has 4 rings (SSSR count). The highest BCUT2D eigenvalue weighted by atomic mass is 32.2. The van der Waals surface area contributed by atoms with Crippen LogP contribution in [0.25, 0.3) is 0 Å². The first-order valence-corrected chi connectivity index (χ1v) is 13.3. The van der Waals surface area contributed by atoms with Crippen LogP contribution in [0, 0.1) is 11.3 Å². The van der Waals surface area contributed by atoms with Crippen LogP contribution in [0.3, 0.4) is 0 Å². The van der Waals surface area contributed by atoms with E-state index in [-0.39, 0.29) is 16.4 Å². The normalized spacial score (nSPS) is 22.9. The van der Waals surface area contributed by atoms with E-state index in [0.29, 0.717) is 16.9 Å². The highest BCUT2D eigenvalue weighted by Gasteiger charge is 2.37. The molecule has 2 aliphatic carbocycles. The molecule has 0 saturated heterocycles. The largest absolute Gasteiger partial charge is 0.286 e. The van der Waals surface area contributed by atoms with Gasteiger partial charge in [-0.05, 0) is 67.3 Å². The van der Waals surface area contributed by atoms with Crippen LogP contribution in [-0.2, 0) is 11.8 Å². The molecular formula is C27H35F2N3OS. The molecule has 0 N–H and O–H groups in total. The van der Waals surface area contributed by atoms with Crippen molar-refractivity contribution in [2.75, 3.05) is 0 Å². The van der Waals surface area contributed by atoms with Crippen LogP contribution >= 0.6 is 11.8 Å². The highest BCUT2D eigenvalue weighted by molar-refractivity contribution is 8.26. The fourth-order valence-corrected chi connectivity index (χ4v) is 6.53. The van der Waals surface area contributed by atoms with Crippen molar-refractivity contribution >= 4 is 27.6 Å². The summed E-state index contributed by atoms with van der Waals surface area (Å²) in [5.74, 6) is 1.12. The smallest absolute Gasteiger partial charge is 0.282 e. The number of carbonyl (C=O) groups is 1. The van der Waals surface area contributed by atoms with Crippen LogP contribution in [0.2, 0.25) is 0 Å². The Bertz CT molecular complexity index is 1040. The number of benzene rings is 1. The van der Waals surface area contributed by atoms with Crippen LogP contribution in [0.4, 0.5) is 14.5 Å². The molecule has 4 nitrogen and oxygen atoms in total. The summed E-state index contributed by atoms with van der Waals surface area (Å²) in [6, 6.07) is 7.99. The Kier molecular flexibility index (Phi) is 7.90. The fourth-order valence-electron chi connectivity index (χ4n) is 5.49. The average molecular weight is 488 g/mol. The van der Waals surface area contributed by atoms with Gasteiger partial charge in [0.15, 0.2) is 0 Å². The van der Waals surface area contributed by atoms with Gasteiger partial charge in [0, 0.05) is 18.7 Å². The number of aromatic nitrogens is 2. The summed E-state index contributed by atoms with van der Waals surface area (Å²) >= 11 is 1.02. The van der Waals surface area contributed by atoms with Crippen LogP contribution < -0.4 is 0 Å². The van der Waals surface area contributed by atoms with Crippen molar-refractivity contribution in [3.05, 3.63) is 47.3 Å². The minimum atomic E-state index is -2.74. The zero-order valence-corrected chi connectivity index (χ0v) is 21.2. The number of alkyl halides is 2. The van der Waals surface area contributed by atoms with Gasteiger partial charge in [0.1, 0.15) is 10.7 Å². The summed E-state index contributed by atoms with van der Waals surface area (Å²) in [5.41, 5.74) is 1.41. The number of aryl methyl sites for hydroxylation is 1. The fraction of sp³-hybridized carbons (Fsp3) is 0.593. The topological polar surface area (TPSA) is 47.2 Å². The summed E-state index contributed by atoms with van der Waals surface area (Å²) in [6.07, 6.45) is 8.28. The van der Waals surface area contributed by atoms with Gasteiger partial charge >= 0.3 is 0 Å². The Morgan fingerprint density at radius 1 is 1.24 bits per heavy atom. The van der Waals surface area contributed by atoms with E-state index in [0.717, 1.165) is 68.0 Å². The van der Waals surface area contributed by atoms with Crippen molar-refractivity contribution in [2.45, 2.75) is 84.0 Å². The van der Waals surface area contributed by atoms with Gasteiger partial charge in [0.05, 0.1) is 11.3 Å². The molecule has 0 spiro atoms. The van der Waals surface area contributed by atoms with E-state index in [4.69, 9.17) is 4.99 Å². The number of carbonyl (C=O) groups excluding carboxylic acids is 1. The predicted molar refractivity (Wildman–Crippen MR) is 135 cm³/mol. The van der Waals surface area contributed by atoms with Crippen LogP contribution in [0.15, 0.2) is 35.5 Å². The van der Waals surface area contributed by atoms with Crippen molar-refractivity contribution in [1.29, 1.82) is 0 Å². The molecule has 2 atom stereocenters. The lowest BCUT2D eigenvalue weighted by molar-refractivity contribution is -0.120. The first kappa shape index (κ1) is 25.1. The number of aliphatic imine (C=N–C) groups is 1. The van der Waals surface area contributed by atoms with Crippen molar-refractivity contribution in [3.63, 3.8) is 0 Å². The molecule has 1 aromatic carbocycles. The molecule has 2 aromatic rings. The highest BCUT2D eigenvalue weighted by Crippen LogP contribution is 2.44. The maximum atomic E-state index is 13.9. The summed E-state index contributed by atoms with van der Waals surface area (Å²) in [5, 5.41) is 4.34. The van der Waals surface area contributed by atoms with Crippen molar-refractivity contribution in [2.24, 2.45) is 23.4 Å². The first-order valence-electron chi connectivity index (χ1n) is 12.5. The van der Waals surface area contributed by atoms with Gasteiger partial charge in [-0.25, -0.2) is 13.8 Å². The minimum absolute atomic E-state index is 0.0133. The molecular weight excluding hydrogens is 452 g/mol. The van der Waals surface area contributed by atoms with Crippen molar-refractivity contribution in [1.82, 2.24) is 9.78 Å². The van der Waals surface area contributed by atoms with Crippen molar-refractivity contribution in [3.8, 4) is 0 Å². The molecule has 1 heterocycles. The molecule has 2 aliphatic rings. The van der Waals surface area contributed by atoms with E-state index < -0.39 is 11.8 Å². The van der Waals surface area contributed by atoms with Gasteiger partial charge in [0.25, 0.3) is 6.43 Å². The third kappa shape index (κ3) is 5.45. The average Bonchev–Trinajstić information content (AvgIpc) is 3.46. The number of hydrogen-bond donors (Lipinski definition) is 0. The van der Waals surface area contributed by atoms with E-state index in [1.54, 1.807) is 13.2 Å². The quantitative estimate of drug-likeness (QED) is 0.307. The maximum absolute atomic E-state index is 13.9. The summed E-state index contributed by atoms with van der Waals surface area (Å²) in [6.45, 7) is 4.24. The SMILES string of the molecule is CCC1CCC(c2ccccc2N=C(SC(=O)C2(C)CCCCC2)c2cn(C)nc2C(F)F)C1. The molecule has 0 radical (unpaired) electrons. The van der Waals surface area contributed by atoms with Gasteiger partial charge in [-0.15, -0.1) is 0 Å². The van der Waals surface area contributed by atoms with Gasteiger partial charge in [-0.2, -0.15) is 5.10 Å². The molecule has 7 heteroatoms. The third-order valence-corrected chi connectivity index (χ3v) is 8.83. The minimum Gasteiger partial charge on any atom is -0.286 e. The molecule has 1 aromatic heterocycles. The Labute approximate surface area is 205 Å². The molecule has 0 bridgehead atoms. The van der Waals surface area contributed by atoms with Gasteiger partial charge < -0.3 is 0 Å². The summed E-state index contributed by atoms with van der Waals surface area (Å²) in [7, 11) is 1.62. The number of halogens is 2. The van der Waals surface area contributed by atoms with Crippen molar-refractivity contribution < 1.29 is 13.6 Å². The van der Waals surface area contributed by atoms with E-state index >= 15 is 0 Å². The number of nitrogens with zero attached hydrogens (tertiary/aromatic N) is 3. The number of rotatable bonds is 6. The zero-order chi connectivity index (χ0) is 24.3. The van der Waals surface area contributed by atoms with Gasteiger partial charge in [0.2, 0.25) is 5.12 Å². The lowest BCUT2D eigenvalue weighted by Gasteiger charge is -2.31. The lowest BCUT2D eigenvalue weighted by Crippen LogP contribution is -2.29. The third-order valence-electron chi connectivity index (χ3n) is 7.65. The molecule has 2 saturated carbocycles. The maximum Gasteiger partial charge on any atom is 0.282 e. The second kappa shape index (κ2) is 10.7. The second-order valence-electron chi connectivity index (χ2n) is 10.2. The number of hydrogen-bond acceptors (Lipinski definition) is 4. The zero-order valence-electron chi connectivity index (χ0n) is 20.4. The molecule has 2 fully saturated rings. The Balaban J connectivity index is 1.74. The Morgan fingerprint density at radius 3 is 2.65 bits per heavy atom. The van der Waals surface area contributed by atoms with E-state index in [2.05, 4.69) is 18.1 Å². The molecule has 0 aliphatic heterocycles. The Hall–Kier alpha value is -2.02. The molecule has 184 valence electrons. The number of thioether (sulfide) groups is 1. The lowest BCUT2D eigenvalue weighted by atomic mass is 9.77. The van der Waals surface area contributed by atoms with E-state index in [1.807, 2.05) is 25.1 Å². The second-order valence-corrected chi connectivity index (χ2v) is 11.1. The summed E-state index contributed by atoms with van der Waals surface area (Å²) in [4.78, 5) is 18.4. The van der Waals surface area contributed by atoms with E-state index in [9.17, 15) is 13.6 Å². The van der Waals surface area contributed by atoms with Crippen LogP contribution in [-0.4, -0.2) is 19.9 Å². The van der Waals surface area contributed by atoms with Crippen LogP contribution in [0.5, 0.6) is 0 Å².